The molecule has 0 aliphatic carbocycles. The molecule has 4 rings (SSSR count). The van der Waals surface area contributed by atoms with Crippen LogP contribution in [0.25, 0.3) is 22.7 Å². The first-order valence-corrected chi connectivity index (χ1v) is 9.87. The zero-order valence-electron chi connectivity index (χ0n) is 17.1. The fourth-order valence-electron chi connectivity index (χ4n) is 2.73. The van der Waals surface area contributed by atoms with Crippen LogP contribution in [0.15, 0.2) is 58.0 Å². The number of H-pyrrole nitrogens is 1. The van der Waals surface area contributed by atoms with Gasteiger partial charge in [-0.3, -0.25) is 9.36 Å². The summed E-state index contributed by atoms with van der Waals surface area (Å²) in [6.07, 6.45) is 1.13. The topological polar surface area (TPSA) is 98.8 Å². The predicted octanol–water partition coefficient (Wildman–Crippen LogP) is 4.65. The summed E-state index contributed by atoms with van der Waals surface area (Å²) < 4.78 is 13.0. The normalized spacial score (nSPS) is 11.5. The van der Waals surface area contributed by atoms with Crippen LogP contribution in [0.2, 0.25) is 5.02 Å². The maximum absolute atomic E-state index is 11.5. The molecule has 1 atom stereocenters. The molecular weight excluding hydrogens is 406 g/mol. The van der Waals surface area contributed by atoms with Gasteiger partial charge in [-0.25, -0.2) is 0 Å². The first-order chi connectivity index (χ1) is 14.5. The zero-order chi connectivity index (χ0) is 21.7. The lowest BCUT2D eigenvalue weighted by Crippen LogP contribution is -2.08. The number of nitrogens with one attached hydrogen (secondary N) is 1. The van der Waals surface area contributed by atoms with Gasteiger partial charge in [-0.2, -0.15) is 0 Å². The Balaban J connectivity index is 0.00000124. The van der Waals surface area contributed by atoms with Gasteiger partial charge < -0.3 is 14.2 Å². The highest BCUT2D eigenvalue weighted by Gasteiger charge is 2.19. The van der Waals surface area contributed by atoms with Crippen molar-refractivity contribution in [3.63, 3.8) is 0 Å². The number of pyridine rings is 1. The van der Waals surface area contributed by atoms with Crippen molar-refractivity contribution in [3.8, 4) is 28.7 Å². The maximum Gasteiger partial charge on any atom is 0.317 e. The quantitative estimate of drug-likeness (QED) is 0.498. The van der Waals surface area contributed by atoms with Crippen molar-refractivity contribution in [2.75, 3.05) is 0 Å². The Labute approximate surface area is 178 Å². The van der Waals surface area contributed by atoms with Crippen LogP contribution in [0.4, 0.5) is 0 Å². The number of hydrogen-bond acceptors (Lipinski definition) is 6. The van der Waals surface area contributed by atoms with E-state index in [0.717, 1.165) is 5.56 Å². The number of hydrogen-bond donors (Lipinski definition) is 1. The number of nitrogens with zero attached hydrogens (tertiary/aromatic N) is 4. The Bertz CT molecular complexity index is 1180. The largest absolute Gasteiger partial charge is 0.454 e. The van der Waals surface area contributed by atoms with E-state index < -0.39 is 6.10 Å². The summed E-state index contributed by atoms with van der Waals surface area (Å²) in [5.41, 5.74) is 1.86. The summed E-state index contributed by atoms with van der Waals surface area (Å²) in [6, 6.07) is 12.6. The number of benzene rings is 1. The van der Waals surface area contributed by atoms with Crippen LogP contribution in [0.5, 0.6) is 6.01 Å². The van der Waals surface area contributed by atoms with Crippen molar-refractivity contribution in [1.82, 2.24) is 24.9 Å². The van der Waals surface area contributed by atoms with Crippen LogP contribution >= 0.6 is 11.6 Å². The van der Waals surface area contributed by atoms with Gasteiger partial charge in [0.05, 0.1) is 0 Å². The Morgan fingerprint density at radius 2 is 1.93 bits per heavy atom. The van der Waals surface area contributed by atoms with Gasteiger partial charge in [-0.15, -0.1) is 5.10 Å². The van der Waals surface area contributed by atoms with Gasteiger partial charge in [0.15, 0.2) is 11.6 Å². The molecule has 0 radical (unpaired) electrons. The van der Waals surface area contributed by atoms with Gasteiger partial charge in [0.25, 0.3) is 0 Å². The number of ether oxygens (including phenoxy) is 1. The Kier molecular flexibility index (Phi) is 6.68. The number of halogens is 1. The second-order valence-electron chi connectivity index (χ2n) is 6.19. The third-order valence-corrected chi connectivity index (χ3v) is 4.44. The van der Waals surface area contributed by atoms with E-state index in [-0.39, 0.29) is 5.56 Å². The summed E-state index contributed by atoms with van der Waals surface area (Å²) in [5, 5.41) is 12.9. The van der Waals surface area contributed by atoms with Crippen LogP contribution in [0.3, 0.4) is 0 Å². The molecule has 0 spiro atoms. The molecule has 9 heteroatoms. The van der Waals surface area contributed by atoms with Crippen LogP contribution in [0.1, 0.15) is 32.6 Å². The molecule has 0 fully saturated rings. The Morgan fingerprint density at radius 3 is 2.67 bits per heavy atom. The molecule has 8 nitrogen and oxygen atoms in total. The lowest BCUT2D eigenvalue weighted by molar-refractivity contribution is 0.190. The number of aromatic amines is 1. The van der Waals surface area contributed by atoms with Gasteiger partial charge >= 0.3 is 6.01 Å². The number of rotatable bonds is 5. The third kappa shape index (κ3) is 4.60. The predicted molar refractivity (Wildman–Crippen MR) is 114 cm³/mol. The average Bonchev–Trinajstić information content (AvgIpc) is 3.37. The Hall–Kier alpha value is -3.39. The smallest absolute Gasteiger partial charge is 0.317 e. The fourth-order valence-corrected chi connectivity index (χ4v) is 2.92. The third-order valence-electron chi connectivity index (χ3n) is 4.20. The van der Waals surface area contributed by atoms with Gasteiger partial charge in [0, 0.05) is 41.5 Å². The number of aromatic nitrogens is 5. The van der Waals surface area contributed by atoms with Crippen LogP contribution in [-0.4, -0.2) is 24.9 Å². The van der Waals surface area contributed by atoms with E-state index in [4.69, 9.17) is 20.9 Å². The van der Waals surface area contributed by atoms with Crippen molar-refractivity contribution in [2.24, 2.45) is 7.05 Å². The molecule has 0 bridgehead atoms. The van der Waals surface area contributed by atoms with E-state index in [1.807, 2.05) is 32.9 Å². The summed E-state index contributed by atoms with van der Waals surface area (Å²) in [6.45, 7) is 5.83. The van der Waals surface area contributed by atoms with Crippen molar-refractivity contribution in [2.45, 2.75) is 26.9 Å². The molecular formula is C21H22ClN5O3. The molecule has 30 heavy (non-hydrogen) atoms. The summed E-state index contributed by atoms with van der Waals surface area (Å²) in [5.74, 6) is 1.11. The molecule has 0 saturated carbocycles. The minimum Gasteiger partial charge on any atom is -0.454 e. The van der Waals surface area contributed by atoms with Gasteiger partial charge in [-0.1, -0.05) is 47.8 Å². The minimum atomic E-state index is -0.424. The zero-order valence-corrected chi connectivity index (χ0v) is 17.8. The van der Waals surface area contributed by atoms with Gasteiger partial charge in [0.2, 0.25) is 5.56 Å². The molecule has 0 amide bonds. The monoisotopic (exact) mass is 427 g/mol. The second kappa shape index (κ2) is 9.41. The first-order valence-electron chi connectivity index (χ1n) is 9.49. The van der Waals surface area contributed by atoms with E-state index in [9.17, 15) is 4.79 Å². The van der Waals surface area contributed by atoms with E-state index in [2.05, 4.69) is 20.3 Å². The summed E-state index contributed by atoms with van der Waals surface area (Å²) in [7, 11) is 1.76. The van der Waals surface area contributed by atoms with Crippen molar-refractivity contribution < 1.29 is 9.26 Å². The van der Waals surface area contributed by atoms with Crippen molar-refractivity contribution >= 4 is 11.6 Å². The fraction of sp³-hybridized carbons (Fsp3) is 0.238. The van der Waals surface area contributed by atoms with Crippen molar-refractivity contribution in [1.29, 1.82) is 0 Å². The van der Waals surface area contributed by atoms with E-state index in [0.29, 0.717) is 33.9 Å². The lowest BCUT2D eigenvalue weighted by Gasteiger charge is -2.10. The molecule has 1 N–H and O–H groups in total. The highest BCUT2D eigenvalue weighted by molar-refractivity contribution is 6.30. The van der Waals surface area contributed by atoms with Crippen LogP contribution in [0, 0.1) is 0 Å². The van der Waals surface area contributed by atoms with E-state index in [1.54, 1.807) is 42.1 Å². The first kappa shape index (κ1) is 21.3. The molecule has 3 aromatic heterocycles. The molecule has 156 valence electrons. The average molecular weight is 428 g/mol. The molecule has 0 aliphatic rings. The van der Waals surface area contributed by atoms with Crippen molar-refractivity contribution in [3.05, 3.63) is 69.7 Å². The molecule has 1 unspecified atom stereocenters. The molecule has 1 aromatic carbocycles. The highest BCUT2D eigenvalue weighted by Crippen LogP contribution is 2.28. The lowest BCUT2D eigenvalue weighted by atomic mass is 10.1. The molecule has 0 aliphatic heterocycles. The van der Waals surface area contributed by atoms with E-state index >= 15 is 0 Å². The SMILES string of the molecule is CC.CC(Oc1nnc(-c2cc[nH]c(=O)c2)n1C)c1cc(-c2cccc(Cl)c2)on1. The highest BCUT2D eigenvalue weighted by atomic mass is 35.5. The molecule has 3 heterocycles. The summed E-state index contributed by atoms with van der Waals surface area (Å²) in [4.78, 5) is 14.1. The van der Waals surface area contributed by atoms with Gasteiger partial charge in [0.1, 0.15) is 11.8 Å². The minimum absolute atomic E-state index is 0.215. The maximum atomic E-state index is 11.5. The van der Waals surface area contributed by atoms with E-state index in [1.165, 1.54) is 6.07 Å². The standard InChI is InChI=1S/C19H16ClN5O3.C2H6/c1-11(15-10-16(28-24-15)12-4-3-5-14(20)8-12)27-19-23-22-18(25(19)2)13-6-7-21-17(26)9-13;1-2/h3-11H,1-2H3,(H,21,26);1-2H3. The van der Waals surface area contributed by atoms with Crippen LogP contribution in [-0.2, 0) is 7.05 Å². The molecule has 4 aromatic rings. The second-order valence-corrected chi connectivity index (χ2v) is 6.63. The van der Waals surface area contributed by atoms with Crippen LogP contribution < -0.4 is 10.3 Å². The summed E-state index contributed by atoms with van der Waals surface area (Å²) >= 11 is 6.03. The Morgan fingerprint density at radius 1 is 1.13 bits per heavy atom. The van der Waals surface area contributed by atoms with Gasteiger partial charge in [-0.05, 0) is 25.1 Å². The molecule has 0 saturated heterocycles.